The van der Waals surface area contributed by atoms with Crippen molar-refractivity contribution in [2.24, 2.45) is 0 Å². The fraction of sp³-hybridized carbons (Fsp3) is 0.385. The highest BCUT2D eigenvalue weighted by atomic mass is 15.2. The molecule has 0 spiro atoms. The molecular formula is C26H32N6. The van der Waals surface area contributed by atoms with Crippen molar-refractivity contribution in [3.05, 3.63) is 54.7 Å². The van der Waals surface area contributed by atoms with E-state index in [1.165, 1.54) is 32.1 Å². The molecule has 1 saturated heterocycles. The van der Waals surface area contributed by atoms with Crippen molar-refractivity contribution in [2.75, 3.05) is 42.1 Å². The molecule has 3 heterocycles. The Bertz CT molecular complexity index is 1040. The lowest BCUT2D eigenvalue weighted by atomic mass is 9.95. The highest BCUT2D eigenvalue weighted by Gasteiger charge is 2.18. The molecule has 0 radical (unpaired) electrons. The van der Waals surface area contributed by atoms with Crippen LogP contribution in [0.25, 0.3) is 22.4 Å². The molecule has 6 nitrogen and oxygen atoms in total. The average Bonchev–Trinajstić information content (AvgIpc) is 2.86. The summed E-state index contributed by atoms with van der Waals surface area (Å²) in [5.41, 5.74) is 11.0. The molecule has 5 rings (SSSR count). The summed E-state index contributed by atoms with van der Waals surface area (Å²) in [5, 5.41) is 7.08. The third-order valence-corrected chi connectivity index (χ3v) is 6.53. The molecule has 1 saturated carbocycles. The van der Waals surface area contributed by atoms with Gasteiger partial charge in [0.1, 0.15) is 11.6 Å². The van der Waals surface area contributed by atoms with E-state index in [2.05, 4.69) is 56.9 Å². The average molecular weight is 429 g/mol. The number of nitrogens with zero attached hydrogens (tertiary/aromatic N) is 3. The number of nitrogens with one attached hydrogen (secondary N) is 2. The number of hydrogen-bond acceptors (Lipinski definition) is 6. The Morgan fingerprint density at radius 3 is 2.47 bits per heavy atom. The van der Waals surface area contributed by atoms with Crippen LogP contribution in [0.2, 0.25) is 0 Å². The fourth-order valence-corrected chi connectivity index (χ4v) is 4.75. The van der Waals surface area contributed by atoms with Crippen LogP contribution in [0.4, 0.5) is 17.3 Å². The standard InChI is InChI=1S/C26H32N6/c27-21-8-6-19(7-9-21)23-10-11-25(32-16-14-28-15-17-32)31-26(23)20-12-13-29-24(18-20)30-22-4-2-1-3-5-22/h6-13,18,22,28H,1-5,14-17,27H2,(H,29,30). The normalized spacial score (nSPS) is 17.3. The number of rotatable bonds is 5. The molecular weight excluding hydrogens is 396 g/mol. The lowest BCUT2D eigenvalue weighted by Crippen LogP contribution is -2.43. The Labute approximate surface area is 190 Å². The van der Waals surface area contributed by atoms with Gasteiger partial charge < -0.3 is 21.3 Å². The van der Waals surface area contributed by atoms with E-state index in [4.69, 9.17) is 10.7 Å². The van der Waals surface area contributed by atoms with E-state index in [9.17, 15) is 0 Å². The monoisotopic (exact) mass is 428 g/mol. The molecule has 32 heavy (non-hydrogen) atoms. The molecule has 2 fully saturated rings. The summed E-state index contributed by atoms with van der Waals surface area (Å²) in [6.07, 6.45) is 8.28. The minimum Gasteiger partial charge on any atom is -0.399 e. The number of aromatic nitrogens is 2. The zero-order valence-corrected chi connectivity index (χ0v) is 18.6. The molecule has 1 aliphatic carbocycles. The number of nitrogen functional groups attached to an aromatic ring is 1. The van der Waals surface area contributed by atoms with Crippen LogP contribution in [0.1, 0.15) is 32.1 Å². The highest BCUT2D eigenvalue weighted by Crippen LogP contribution is 2.34. The van der Waals surface area contributed by atoms with E-state index >= 15 is 0 Å². The molecule has 4 N–H and O–H groups in total. The number of benzene rings is 1. The van der Waals surface area contributed by atoms with Gasteiger partial charge in [0, 0.05) is 55.2 Å². The molecule has 0 unspecified atom stereocenters. The summed E-state index contributed by atoms with van der Waals surface area (Å²) < 4.78 is 0. The molecule has 2 aliphatic rings. The lowest BCUT2D eigenvalue weighted by molar-refractivity contribution is 0.462. The second kappa shape index (κ2) is 9.57. The van der Waals surface area contributed by atoms with Crippen LogP contribution in [-0.4, -0.2) is 42.2 Å². The second-order valence-corrected chi connectivity index (χ2v) is 8.83. The zero-order valence-electron chi connectivity index (χ0n) is 18.6. The number of hydrogen-bond donors (Lipinski definition) is 3. The van der Waals surface area contributed by atoms with Gasteiger partial charge in [-0.15, -0.1) is 0 Å². The van der Waals surface area contributed by atoms with Crippen LogP contribution in [-0.2, 0) is 0 Å². The number of piperazine rings is 1. The quantitative estimate of drug-likeness (QED) is 0.518. The molecule has 1 aromatic carbocycles. The third-order valence-electron chi connectivity index (χ3n) is 6.53. The zero-order chi connectivity index (χ0) is 21.8. The van der Waals surface area contributed by atoms with Gasteiger partial charge in [0.25, 0.3) is 0 Å². The Morgan fingerprint density at radius 1 is 0.906 bits per heavy atom. The number of pyridine rings is 2. The molecule has 6 heteroatoms. The maximum atomic E-state index is 5.94. The van der Waals surface area contributed by atoms with Crippen molar-refractivity contribution in [1.82, 2.24) is 15.3 Å². The van der Waals surface area contributed by atoms with E-state index in [1.54, 1.807) is 0 Å². The SMILES string of the molecule is Nc1ccc(-c2ccc(N3CCNCC3)nc2-c2ccnc(NC3CCCCC3)c2)cc1. The van der Waals surface area contributed by atoms with Crippen LogP contribution >= 0.6 is 0 Å². The molecule has 0 atom stereocenters. The summed E-state index contributed by atoms with van der Waals surface area (Å²) in [5.74, 6) is 1.96. The minimum atomic E-state index is 0.517. The van der Waals surface area contributed by atoms with Gasteiger partial charge in [-0.05, 0) is 54.8 Å². The van der Waals surface area contributed by atoms with Crippen LogP contribution < -0.4 is 21.3 Å². The first-order chi connectivity index (χ1) is 15.8. The van der Waals surface area contributed by atoms with Gasteiger partial charge in [-0.3, -0.25) is 0 Å². The summed E-state index contributed by atoms with van der Waals surface area (Å²) >= 11 is 0. The van der Waals surface area contributed by atoms with Crippen LogP contribution in [0.3, 0.4) is 0 Å². The van der Waals surface area contributed by atoms with Crippen molar-refractivity contribution in [3.63, 3.8) is 0 Å². The maximum absolute atomic E-state index is 5.94. The Morgan fingerprint density at radius 2 is 1.69 bits per heavy atom. The van der Waals surface area contributed by atoms with Gasteiger partial charge in [0.05, 0.1) is 5.69 Å². The molecule has 2 aromatic heterocycles. The lowest BCUT2D eigenvalue weighted by Gasteiger charge is -2.29. The van der Waals surface area contributed by atoms with Gasteiger partial charge >= 0.3 is 0 Å². The van der Waals surface area contributed by atoms with Crippen molar-refractivity contribution in [2.45, 2.75) is 38.1 Å². The van der Waals surface area contributed by atoms with E-state index in [1.807, 2.05) is 18.3 Å². The Kier molecular flexibility index (Phi) is 6.21. The third kappa shape index (κ3) is 4.70. The van der Waals surface area contributed by atoms with E-state index in [0.29, 0.717) is 6.04 Å². The Balaban J connectivity index is 1.52. The predicted octanol–water partition coefficient (Wildman–Crippen LogP) is 4.55. The van der Waals surface area contributed by atoms with Gasteiger partial charge in [-0.2, -0.15) is 0 Å². The van der Waals surface area contributed by atoms with Crippen LogP contribution in [0.5, 0.6) is 0 Å². The maximum Gasteiger partial charge on any atom is 0.129 e. The molecule has 3 aromatic rings. The Hall–Kier alpha value is -3.12. The predicted molar refractivity (Wildman–Crippen MR) is 133 cm³/mol. The van der Waals surface area contributed by atoms with Gasteiger partial charge in [0.15, 0.2) is 0 Å². The number of nitrogens with two attached hydrogens (primary N) is 1. The number of anilines is 3. The van der Waals surface area contributed by atoms with E-state index in [-0.39, 0.29) is 0 Å². The van der Waals surface area contributed by atoms with Crippen molar-refractivity contribution in [1.29, 1.82) is 0 Å². The van der Waals surface area contributed by atoms with E-state index < -0.39 is 0 Å². The highest BCUT2D eigenvalue weighted by molar-refractivity contribution is 5.83. The van der Waals surface area contributed by atoms with Crippen LogP contribution in [0, 0.1) is 0 Å². The molecule has 1 aliphatic heterocycles. The summed E-state index contributed by atoms with van der Waals surface area (Å²) in [6.45, 7) is 3.92. The van der Waals surface area contributed by atoms with Crippen molar-refractivity contribution >= 4 is 17.3 Å². The first kappa shape index (κ1) is 20.8. The second-order valence-electron chi connectivity index (χ2n) is 8.83. The summed E-state index contributed by atoms with van der Waals surface area (Å²) in [4.78, 5) is 12.1. The smallest absolute Gasteiger partial charge is 0.129 e. The van der Waals surface area contributed by atoms with Crippen molar-refractivity contribution < 1.29 is 0 Å². The van der Waals surface area contributed by atoms with Crippen LogP contribution in [0.15, 0.2) is 54.7 Å². The molecule has 166 valence electrons. The first-order valence-corrected chi connectivity index (χ1v) is 11.8. The summed E-state index contributed by atoms with van der Waals surface area (Å²) in [6, 6.07) is 17.1. The van der Waals surface area contributed by atoms with Crippen molar-refractivity contribution in [3.8, 4) is 22.4 Å². The fourth-order valence-electron chi connectivity index (χ4n) is 4.75. The van der Waals surface area contributed by atoms with Gasteiger partial charge in [-0.1, -0.05) is 31.4 Å². The van der Waals surface area contributed by atoms with Gasteiger partial charge in [-0.25, -0.2) is 9.97 Å². The van der Waals surface area contributed by atoms with Gasteiger partial charge in [0.2, 0.25) is 0 Å². The molecule has 0 bridgehead atoms. The summed E-state index contributed by atoms with van der Waals surface area (Å²) in [7, 11) is 0. The topological polar surface area (TPSA) is 79.1 Å². The minimum absolute atomic E-state index is 0.517. The van der Waals surface area contributed by atoms with E-state index in [0.717, 1.165) is 65.9 Å². The molecule has 0 amide bonds. The largest absolute Gasteiger partial charge is 0.399 e. The first-order valence-electron chi connectivity index (χ1n) is 11.8.